The summed E-state index contributed by atoms with van der Waals surface area (Å²) in [6, 6.07) is 5.65. The molecule has 2 aromatic rings. The molecule has 0 saturated heterocycles. The van der Waals surface area contributed by atoms with E-state index in [-0.39, 0.29) is 0 Å². The molecule has 0 atom stereocenters. The molecular weight excluding hydrogens is 216 g/mol. The van der Waals surface area contributed by atoms with Crippen LogP contribution in [0.25, 0.3) is 11.1 Å². The van der Waals surface area contributed by atoms with Crippen LogP contribution in [-0.4, -0.2) is 18.6 Å². The van der Waals surface area contributed by atoms with E-state index in [1.165, 1.54) is 0 Å². The zero-order valence-electron chi connectivity index (χ0n) is 10.5. The third kappa shape index (κ3) is 2.97. The third-order valence-corrected chi connectivity index (χ3v) is 2.47. The van der Waals surface area contributed by atoms with Crippen molar-refractivity contribution in [3.8, 4) is 5.75 Å². The van der Waals surface area contributed by atoms with Gasteiger partial charge in [-0.3, -0.25) is 0 Å². The SMILES string of the molecule is COc1ccc2nc(CNCC(C)C)oc2c1. The van der Waals surface area contributed by atoms with E-state index in [9.17, 15) is 0 Å². The number of hydrogen-bond donors (Lipinski definition) is 1. The summed E-state index contributed by atoms with van der Waals surface area (Å²) in [6.45, 7) is 5.96. The number of oxazole rings is 1. The molecule has 0 saturated carbocycles. The fraction of sp³-hybridized carbons (Fsp3) is 0.462. The monoisotopic (exact) mass is 234 g/mol. The van der Waals surface area contributed by atoms with Gasteiger partial charge in [0, 0.05) is 6.07 Å². The summed E-state index contributed by atoms with van der Waals surface area (Å²) in [5.41, 5.74) is 1.64. The molecule has 17 heavy (non-hydrogen) atoms. The largest absolute Gasteiger partial charge is 0.497 e. The van der Waals surface area contributed by atoms with E-state index in [4.69, 9.17) is 9.15 Å². The van der Waals surface area contributed by atoms with Gasteiger partial charge in [0.15, 0.2) is 5.58 Å². The lowest BCUT2D eigenvalue weighted by Crippen LogP contribution is -2.19. The summed E-state index contributed by atoms with van der Waals surface area (Å²) in [5, 5.41) is 3.30. The Bertz CT molecular complexity index is 491. The average molecular weight is 234 g/mol. The summed E-state index contributed by atoms with van der Waals surface area (Å²) in [6.07, 6.45) is 0. The van der Waals surface area contributed by atoms with Crippen LogP contribution in [0, 0.1) is 5.92 Å². The quantitative estimate of drug-likeness (QED) is 0.863. The Morgan fingerprint density at radius 2 is 2.24 bits per heavy atom. The third-order valence-electron chi connectivity index (χ3n) is 2.47. The lowest BCUT2D eigenvalue weighted by Gasteiger charge is -2.03. The maximum Gasteiger partial charge on any atom is 0.209 e. The number of rotatable bonds is 5. The molecule has 1 aromatic carbocycles. The second-order valence-corrected chi connectivity index (χ2v) is 4.47. The minimum Gasteiger partial charge on any atom is -0.497 e. The van der Waals surface area contributed by atoms with E-state index in [1.807, 2.05) is 18.2 Å². The molecule has 92 valence electrons. The first-order valence-corrected chi connectivity index (χ1v) is 5.83. The van der Waals surface area contributed by atoms with E-state index in [2.05, 4.69) is 24.1 Å². The summed E-state index contributed by atoms with van der Waals surface area (Å²) in [4.78, 5) is 4.40. The van der Waals surface area contributed by atoms with Gasteiger partial charge in [-0.1, -0.05) is 13.8 Å². The van der Waals surface area contributed by atoms with Crippen molar-refractivity contribution in [1.82, 2.24) is 10.3 Å². The number of fused-ring (bicyclic) bond motifs is 1. The standard InChI is InChI=1S/C13H18N2O2/c1-9(2)7-14-8-13-15-11-5-4-10(16-3)6-12(11)17-13/h4-6,9,14H,7-8H2,1-3H3. The molecule has 0 unspecified atom stereocenters. The normalized spacial score (nSPS) is 11.3. The van der Waals surface area contributed by atoms with E-state index < -0.39 is 0 Å². The van der Waals surface area contributed by atoms with Crippen LogP contribution in [0.4, 0.5) is 0 Å². The summed E-state index contributed by atoms with van der Waals surface area (Å²) in [5.74, 6) is 2.13. The van der Waals surface area contributed by atoms with Crippen LogP contribution < -0.4 is 10.1 Å². The Labute approximate surface area is 101 Å². The maximum absolute atomic E-state index is 5.64. The highest BCUT2D eigenvalue weighted by Crippen LogP contribution is 2.21. The first kappa shape index (κ1) is 11.9. The van der Waals surface area contributed by atoms with Gasteiger partial charge < -0.3 is 14.5 Å². The lowest BCUT2D eigenvalue weighted by molar-refractivity contribution is 0.414. The van der Waals surface area contributed by atoms with Crippen LogP contribution in [0.5, 0.6) is 5.75 Å². The Balaban J connectivity index is 2.09. The van der Waals surface area contributed by atoms with Crippen molar-refractivity contribution >= 4 is 11.1 Å². The molecule has 4 heteroatoms. The van der Waals surface area contributed by atoms with Gasteiger partial charge in [-0.2, -0.15) is 0 Å². The fourth-order valence-corrected chi connectivity index (χ4v) is 1.62. The van der Waals surface area contributed by atoms with Crippen LogP contribution in [0.15, 0.2) is 22.6 Å². The van der Waals surface area contributed by atoms with E-state index >= 15 is 0 Å². The number of nitrogens with zero attached hydrogens (tertiary/aromatic N) is 1. The molecule has 0 aliphatic heterocycles. The van der Waals surface area contributed by atoms with Gasteiger partial charge in [0.05, 0.1) is 13.7 Å². The van der Waals surface area contributed by atoms with Crippen molar-refractivity contribution in [1.29, 1.82) is 0 Å². The first-order valence-electron chi connectivity index (χ1n) is 5.83. The van der Waals surface area contributed by atoms with Gasteiger partial charge in [-0.15, -0.1) is 0 Å². The number of ether oxygens (including phenoxy) is 1. The number of aromatic nitrogens is 1. The smallest absolute Gasteiger partial charge is 0.209 e. The zero-order chi connectivity index (χ0) is 12.3. The molecule has 0 aliphatic rings. The summed E-state index contributed by atoms with van der Waals surface area (Å²) >= 11 is 0. The average Bonchev–Trinajstić information content (AvgIpc) is 2.69. The van der Waals surface area contributed by atoms with Crippen LogP contribution in [0.3, 0.4) is 0 Å². The molecule has 0 aliphatic carbocycles. The molecule has 0 radical (unpaired) electrons. The van der Waals surface area contributed by atoms with Crippen LogP contribution in [0.1, 0.15) is 19.7 Å². The van der Waals surface area contributed by atoms with E-state index in [0.29, 0.717) is 18.4 Å². The molecule has 0 amide bonds. The van der Waals surface area contributed by atoms with Gasteiger partial charge in [-0.25, -0.2) is 4.98 Å². The first-order chi connectivity index (χ1) is 8.19. The van der Waals surface area contributed by atoms with E-state index in [0.717, 1.165) is 23.4 Å². The molecule has 4 nitrogen and oxygen atoms in total. The summed E-state index contributed by atoms with van der Waals surface area (Å²) < 4.78 is 10.8. The molecular formula is C13H18N2O2. The predicted molar refractivity (Wildman–Crippen MR) is 67.1 cm³/mol. The van der Waals surface area contributed by atoms with Crippen LogP contribution >= 0.6 is 0 Å². The molecule has 1 N–H and O–H groups in total. The van der Waals surface area contributed by atoms with Gasteiger partial charge in [-0.05, 0) is 24.6 Å². The fourth-order valence-electron chi connectivity index (χ4n) is 1.62. The number of methoxy groups -OCH3 is 1. The Kier molecular flexibility index (Phi) is 3.64. The van der Waals surface area contributed by atoms with Crippen molar-refractivity contribution < 1.29 is 9.15 Å². The maximum atomic E-state index is 5.64. The number of benzene rings is 1. The van der Waals surface area contributed by atoms with Crippen molar-refractivity contribution in [3.63, 3.8) is 0 Å². The Hall–Kier alpha value is -1.55. The van der Waals surface area contributed by atoms with Crippen molar-refractivity contribution in [2.75, 3.05) is 13.7 Å². The minimum absolute atomic E-state index is 0.625. The number of hydrogen-bond acceptors (Lipinski definition) is 4. The lowest BCUT2D eigenvalue weighted by atomic mass is 10.2. The molecule has 2 rings (SSSR count). The van der Waals surface area contributed by atoms with Gasteiger partial charge in [0.1, 0.15) is 11.3 Å². The Morgan fingerprint density at radius 1 is 1.41 bits per heavy atom. The zero-order valence-corrected chi connectivity index (χ0v) is 10.5. The van der Waals surface area contributed by atoms with Gasteiger partial charge in [0.25, 0.3) is 0 Å². The molecule has 0 spiro atoms. The predicted octanol–water partition coefficient (Wildman–Crippen LogP) is 2.58. The minimum atomic E-state index is 0.625. The summed E-state index contributed by atoms with van der Waals surface area (Å²) in [7, 11) is 1.64. The Morgan fingerprint density at radius 3 is 2.94 bits per heavy atom. The van der Waals surface area contributed by atoms with Crippen molar-refractivity contribution in [2.24, 2.45) is 5.92 Å². The van der Waals surface area contributed by atoms with Crippen molar-refractivity contribution in [2.45, 2.75) is 20.4 Å². The van der Waals surface area contributed by atoms with Gasteiger partial charge >= 0.3 is 0 Å². The van der Waals surface area contributed by atoms with Crippen LogP contribution in [0.2, 0.25) is 0 Å². The van der Waals surface area contributed by atoms with Gasteiger partial charge in [0.2, 0.25) is 5.89 Å². The highest BCUT2D eigenvalue weighted by atomic mass is 16.5. The highest BCUT2D eigenvalue weighted by Gasteiger charge is 2.06. The number of nitrogens with one attached hydrogen (secondary N) is 1. The highest BCUT2D eigenvalue weighted by molar-refractivity contribution is 5.74. The van der Waals surface area contributed by atoms with Crippen molar-refractivity contribution in [3.05, 3.63) is 24.1 Å². The molecule has 0 bridgehead atoms. The van der Waals surface area contributed by atoms with Crippen LogP contribution in [-0.2, 0) is 6.54 Å². The van der Waals surface area contributed by atoms with E-state index in [1.54, 1.807) is 7.11 Å². The second-order valence-electron chi connectivity index (χ2n) is 4.47. The topological polar surface area (TPSA) is 47.3 Å². The molecule has 1 aromatic heterocycles. The second kappa shape index (κ2) is 5.19. The molecule has 0 fully saturated rings. The molecule has 1 heterocycles.